The van der Waals surface area contributed by atoms with Crippen LogP contribution in [0, 0.1) is 5.41 Å². The van der Waals surface area contributed by atoms with Gasteiger partial charge in [-0.25, -0.2) is 9.59 Å². The smallest absolute Gasteiger partial charge is 0.407 e. The molecule has 0 aliphatic carbocycles. The third-order valence-electron chi connectivity index (χ3n) is 7.51. The van der Waals surface area contributed by atoms with Crippen molar-refractivity contribution in [3.05, 3.63) is 66.8 Å². The van der Waals surface area contributed by atoms with Crippen LogP contribution in [-0.2, 0) is 29.4 Å². The highest BCUT2D eigenvalue weighted by Gasteiger charge is 2.53. The highest BCUT2D eigenvalue weighted by atomic mass is 16.5. The third-order valence-corrected chi connectivity index (χ3v) is 7.51. The number of nitrogens with zero attached hydrogens (tertiary/aromatic N) is 1. The third kappa shape index (κ3) is 6.91. The maximum Gasteiger partial charge on any atom is 0.407 e. The number of alkyl carbamates (subject to hydrolysis) is 1. The number of ether oxygens (including phenoxy) is 3. The Labute approximate surface area is 237 Å². The molecule has 1 fully saturated rings. The standard InChI is InChI=1S/C32H42N2O6/c1-8-10-11-12-17-40-30(37)33-27(31(3,4)5)28(35)34-21-32(39-7,20-26(34)29(36)38-6)25-16-15-23-14-13-22(9-2)18-24(23)19-25/h8-9,13-16,18-19,26-27H,1-2,10-12,17,20-21H2,3-7H3,(H,33,37)/t26-,27?,32-/m0/s1. The van der Waals surface area contributed by atoms with Crippen LogP contribution in [0.25, 0.3) is 16.8 Å². The number of likely N-dealkylation sites (tertiary alicyclic amines) is 1. The van der Waals surface area contributed by atoms with Crippen molar-refractivity contribution in [1.82, 2.24) is 10.2 Å². The van der Waals surface area contributed by atoms with Crippen molar-refractivity contribution in [2.75, 3.05) is 27.4 Å². The Hall–Kier alpha value is -3.65. The Balaban J connectivity index is 1.92. The van der Waals surface area contributed by atoms with Crippen LogP contribution in [-0.4, -0.2) is 62.3 Å². The second-order valence-corrected chi connectivity index (χ2v) is 11.3. The number of carbonyl (C=O) groups is 3. The lowest BCUT2D eigenvalue weighted by molar-refractivity contribution is -0.152. The molecule has 0 spiro atoms. The molecule has 40 heavy (non-hydrogen) atoms. The second-order valence-electron chi connectivity index (χ2n) is 11.3. The first-order valence-corrected chi connectivity index (χ1v) is 13.6. The summed E-state index contributed by atoms with van der Waals surface area (Å²) in [6, 6.07) is 10.2. The molecule has 0 radical (unpaired) electrons. The number of amides is 2. The van der Waals surface area contributed by atoms with Crippen LogP contribution in [0.5, 0.6) is 0 Å². The van der Waals surface area contributed by atoms with Gasteiger partial charge in [0.1, 0.15) is 17.7 Å². The Morgan fingerprint density at radius 2 is 1.82 bits per heavy atom. The van der Waals surface area contributed by atoms with Crippen molar-refractivity contribution < 1.29 is 28.6 Å². The highest BCUT2D eigenvalue weighted by molar-refractivity contribution is 5.91. The minimum Gasteiger partial charge on any atom is -0.467 e. The minimum atomic E-state index is -0.957. The van der Waals surface area contributed by atoms with Crippen molar-refractivity contribution >= 4 is 34.8 Å². The number of carbonyl (C=O) groups excluding carboxylic acids is 3. The molecule has 2 aromatic carbocycles. The Morgan fingerprint density at radius 1 is 1.10 bits per heavy atom. The molecule has 2 amide bonds. The number of allylic oxidation sites excluding steroid dienone is 1. The van der Waals surface area contributed by atoms with Gasteiger partial charge in [0.25, 0.3) is 0 Å². The predicted octanol–water partition coefficient (Wildman–Crippen LogP) is 5.60. The average Bonchev–Trinajstić information content (AvgIpc) is 3.35. The van der Waals surface area contributed by atoms with E-state index in [0.717, 1.165) is 34.7 Å². The lowest BCUT2D eigenvalue weighted by Gasteiger charge is -2.35. The summed E-state index contributed by atoms with van der Waals surface area (Å²) in [7, 11) is 2.88. The van der Waals surface area contributed by atoms with Gasteiger partial charge in [-0.2, -0.15) is 0 Å². The molecule has 0 bridgehead atoms. The molecule has 8 nitrogen and oxygen atoms in total. The van der Waals surface area contributed by atoms with Crippen molar-refractivity contribution in [2.24, 2.45) is 5.41 Å². The first-order chi connectivity index (χ1) is 19.0. The minimum absolute atomic E-state index is 0.111. The largest absolute Gasteiger partial charge is 0.467 e. The van der Waals surface area contributed by atoms with E-state index in [1.807, 2.05) is 63.2 Å². The molecule has 3 rings (SSSR count). The van der Waals surface area contributed by atoms with E-state index in [2.05, 4.69) is 18.5 Å². The number of nitrogens with one attached hydrogen (secondary N) is 1. The number of hydrogen-bond acceptors (Lipinski definition) is 6. The van der Waals surface area contributed by atoms with Gasteiger partial charge in [-0.15, -0.1) is 6.58 Å². The number of rotatable bonds is 11. The van der Waals surface area contributed by atoms with Crippen molar-refractivity contribution in [3.8, 4) is 0 Å². The van der Waals surface area contributed by atoms with Gasteiger partial charge < -0.3 is 24.4 Å². The molecule has 1 saturated heterocycles. The van der Waals surface area contributed by atoms with Gasteiger partial charge in [0.05, 0.1) is 20.3 Å². The lowest BCUT2D eigenvalue weighted by Crippen LogP contribution is -2.57. The van der Waals surface area contributed by atoms with E-state index in [1.165, 1.54) is 12.0 Å². The molecule has 0 aromatic heterocycles. The quantitative estimate of drug-likeness (QED) is 0.223. The van der Waals surface area contributed by atoms with E-state index in [9.17, 15) is 14.4 Å². The molecule has 3 atom stereocenters. The Kier molecular flexibility index (Phi) is 10.1. The van der Waals surface area contributed by atoms with Gasteiger partial charge >= 0.3 is 12.1 Å². The van der Waals surface area contributed by atoms with Gasteiger partial charge in [0.2, 0.25) is 5.91 Å². The van der Waals surface area contributed by atoms with Crippen LogP contribution in [0.4, 0.5) is 4.79 Å². The van der Waals surface area contributed by atoms with Gasteiger partial charge in [0.15, 0.2) is 0 Å². The summed E-state index contributed by atoms with van der Waals surface area (Å²) in [5, 5.41) is 4.80. The molecular weight excluding hydrogens is 508 g/mol. The number of esters is 1. The number of benzene rings is 2. The monoisotopic (exact) mass is 550 g/mol. The summed E-state index contributed by atoms with van der Waals surface area (Å²) in [6.45, 7) is 13.5. The number of fused-ring (bicyclic) bond motifs is 1. The zero-order valence-electron chi connectivity index (χ0n) is 24.3. The van der Waals surface area contributed by atoms with E-state index in [0.29, 0.717) is 6.42 Å². The fourth-order valence-corrected chi connectivity index (χ4v) is 5.13. The molecule has 1 N–H and O–H groups in total. The number of unbranched alkanes of at least 4 members (excludes halogenated alkanes) is 2. The van der Waals surface area contributed by atoms with Gasteiger partial charge in [-0.1, -0.05) is 63.8 Å². The van der Waals surface area contributed by atoms with Crippen LogP contribution in [0.15, 0.2) is 55.6 Å². The summed E-state index contributed by atoms with van der Waals surface area (Å²) in [4.78, 5) is 41.2. The summed E-state index contributed by atoms with van der Waals surface area (Å²) in [5.41, 5.74) is 0.203. The van der Waals surface area contributed by atoms with Crippen molar-refractivity contribution in [2.45, 2.75) is 64.1 Å². The zero-order chi connectivity index (χ0) is 29.5. The van der Waals surface area contributed by atoms with E-state index in [-0.39, 0.29) is 19.6 Å². The maximum atomic E-state index is 14.1. The molecule has 8 heteroatoms. The predicted molar refractivity (Wildman–Crippen MR) is 157 cm³/mol. The van der Waals surface area contributed by atoms with Crippen LogP contribution < -0.4 is 5.32 Å². The van der Waals surface area contributed by atoms with Crippen LogP contribution in [0.1, 0.15) is 57.6 Å². The summed E-state index contributed by atoms with van der Waals surface area (Å²) in [5.74, 6) is -0.945. The van der Waals surface area contributed by atoms with E-state index >= 15 is 0 Å². The number of methoxy groups -OCH3 is 2. The Bertz CT molecular complexity index is 1250. The molecule has 216 valence electrons. The van der Waals surface area contributed by atoms with Crippen molar-refractivity contribution in [1.29, 1.82) is 0 Å². The Morgan fingerprint density at radius 3 is 2.45 bits per heavy atom. The molecule has 1 aliphatic heterocycles. The summed E-state index contributed by atoms with van der Waals surface area (Å²) >= 11 is 0. The van der Waals surface area contributed by atoms with Crippen LogP contribution >= 0.6 is 0 Å². The van der Waals surface area contributed by atoms with Crippen LogP contribution in [0.3, 0.4) is 0 Å². The summed E-state index contributed by atoms with van der Waals surface area (Å²) < 4.78 is 16.5. The first-order valence-electron chi connectivity index (χ1n) is 13.6. The molecule has 2 aromatic rings. The topological polar surface area (TPSA) is 94.2 Å². The van der Waals surface area contributed by atoms with E-state index < -0.39 is 41.1 Å². The van der Waals surface area contributed by atoms with Crippen LogP contribution in [0.2, 0.25) is 0 Å². The van der Waals surface area contributed by atoms with Gasteiger partial charge in [-0.3, -0.25) is 4.79 Å². The summed E-state index contributed by atoms with van der Waals surface area (Å²) in [6.07, 6.45) is 5.53. The van der Waals surface area contributed by atoms with Gasteiger partial charge in [0, 0.05) is 13.5 Å². The fraction of sp³-hybridized carbons (Fsp3) is 0.469. The van der Waals surface area contributed by atoms with E-state index in [4.69, 9.17) is 14.2 Å². The maximum absolute atomic E-state index is 14.1. The van der Waals surface area contributed by atoms with Gasteiger partial charge in [-0.05, 0) is 58.7 Å². The second kappa shape index (κ2) is 13.1. The first kappa shape index (κ1) is 30.9. The SMILES string of the molecule is C=CCCCCOC(=O)NC(C(=O)N1C[C@](OC)(c2ccc3ccc(C=C)cc3c2)C[C@H]1C(=O)OC)C(C)(C)C. The molecule has 1 unspecified atom stereocenters. The molecule has 0 saturated carbocycles. The van der Waals surface area contributed by atoms with E-state index in [1.54, 1.807) is 13.2 Å². The number of hydrogen-bond donors (Lipinski definition) is 1. The fourth-order valence-electron chi connectivity index (χ4n) is 5.13. The van der Waals surface area contributed by atoms with Crippen molar-refractivity contribution in [3.63, 3.8) is 0 Å². The molecular formula is C32H42N2O6. The average molecular weight is 551 g/mol. The zero-order valence-corrected chi connectivity index (χ0v) is 24.3. The lowest BCUT2D eigenvalue weighted by atomic mass is 9.85. The highest BCUT2D eigenvalue weighted by Crippen LogP contribution is 2.41. The molecule has 1 heterocycles. The normalized spacial score (nSPS) is 19.6. The molecule has 1 aliphatic rings.